The quantitative estimate of drug-likeness (QED) is 0.495. The van der Waals surface area contributed by atoms with Crippen molar-refractivity contribution >= 4 is 12.1 Å². The second-order valence-electron chi connectivity index (χ2n) is 2.65. The van der Waals surface area contributed by atoms with Crippen LogP contribution in [0.4, 0.5) is 5.82 Å². The number of nitrogens with one attached hydrogen (secondary N) is 1. The van der Waals surface area contributed by atoms with Gasteiger partial charge in [0.15, 0.2) is 12.1 Å². The number of pyridine rings is 1. The molecule has 1 rings (SSSR count). The Labute approximate surface area is 79.7 Å². The normalized spacial score (nSPS) is 9.86. The zero-order chi connectivity index (χ0) is 10.7. The van der Waals surface area contributed by atoms with Crippen molar-refractivity contribution in [1.82, 2.24) is 4.98 Å². The summed E-state index contributed by atoms with van der Waals surface area (Å²) >= 11 is 0. The highest BCUT2D eigenvalue weighted by Crippen LogP contribution is 2.29. The molecule has 0 atom stereocenters. The zero-order valence-corrected chi connectivity index (χ0v) is 7.48. The lowest BCUT2D eigenvalue weighted by molar-refractivity contribution is 0.111. The number of aliphatic hydroxyl groups is 1. The van der Waals surface area contributed by atoms with E-state index in [0.717, 1.165) is 0 Å². The summed E-state index contributed by atoms with van der Waals surface area (Å²) in [6, 6.07) is 0. The molecule has 0 saturated carbocycles. The summed E-state index contributed by atoms with van der Waals surface area (Å²) in [5.41, 5.74) is 6.99. The number of aromatic nitrogens is 1. The summed E-state index contributed by atoms with van der Waals surface area (Å²) in [7, 11) is 0. The second kappa shape index (κ2) is 3.93. The molecule has 6 nitrogen and oxygen atoms in total. The van der Waals surface area contributed by atoms with Crippen molar-refractivity contribution in [2.24, 2.45) is 5.11 Å². The number of carbonyl (C=O) groups is 1. The third-order valence-electron chi connectivity index (χ3n) is 1.85. The van der Waals surface area contributed by atoms with E-state index in [-0.39, 0.29) is 28.4 Å². The zero-order valence-electron chi connectivity index (χ0n) is 7.48. The maximum Gasteiger partial charge on any atom is 0.180 e. The predicted molar refractivity (Wildman–Crippen MR) is 46.8 cm³/mol. The van der Waals surface area contributed by atoms with Gasteiger partial charge in [-0.25, -0.2) is 10.5 Å². The Balaban J connectivity index is 3.57. The summed E-state index contributed by atoms with van der Waals surface area (Å²) in [6.07, 6.45) is 0.407. The Morgan fingerprint density at radius 2 is 2.29 bits per heavy atom. The van der Waals surface area contributed by atoms with Gasteiger partial charge < -0.3 is 10.2 Å². The number of nitrogens with zero attached hydrogens (tertiary/aromatic N) is 2. The van der Waals surface area contributed by atoms with Gasteiger partial charge in [-0.05, 0) is 6.92 Å². The van der Waals surface area contributed by atoms with Crippen molar-refractivity contribution in [3.05, 3.63) is 16.8 Å². The highest BCUT2D eigenvalue weighted by atomic mass is 16.3. The molecule has 0 amide bonds. The van der Waals surface area contributed by atoms with Crippen LogP contribution in [0.2, 0.25) is 0 Å². The Morgan fingerprint density at radius 1 is 1.64 bits per heavy atom. The first kappa shape index (κ1) is 10.3. The molecule has 0 aromatic carbocycles. The first-order chi connectivity index (χ1) is 6.65. The minimum atomic E-state index is -0.493. The Hall–Kier alpha value is -1.82. The van der Waals surface area contributed by atoms with Gasteiger partial charge in [-0.3, -0.25) is 4.79 Å². The molecule has 1 aromatic rings. The fourth-order valence-electron chi connectivity index (χ4n) is 1.11. The van der Waals surface area contributed by atoms with Crippen molar-refractivity contribution < 1.29 is 15.0 Å². The SMILES string of the molecule is Cc1nc(N=N)c(CO)c(C=O)c1O. The van der Waals surface area contributed by atoms with E-state index in [1.54, 1.807) is 0 Å². The van der Waals surface area contributed by atoms with Crippen molar-refractivity contribution in [2.75, 3.05) is 0 Å². The lowest BCUT2D eigenvalue weighted by Gasteiger charge is -2.07. The average Bonchev–Trinajstić information content (AvgIpc) is 2.20. The van der Waals surface area contributed by atoms with Gasteiger partial charge in [-0.1, -0.05) is 0 Å². The van der Waals surface area contributed by atoms with E-state index >= 15 is 0 Å². The van der Waals surface area contributed by atoms with Gasteiger partial charge in [0, 0.05) is 5.56 Å². The van der Waals surface area contributed by atoms with E-state index in [9.17, 15) is 9.90 Å². The van der Waals surface area contributed by atoms with Crippen LogP contribution in [0.25, 0.3) is 0 Å². The molecule has 0 unspecified atom stereocenters. The topological polar surface area (TPSA) is 107 Å². The van der Waals surface area contributed by atoms with Crippen LogP contribution in [0.15, 0.2) is 5.11 Å². The van der Waals surface area contributed by atoms with Gasteiger partial charge in [0.05, 0.1) is 17.9 Å². The van der Waals surface area contributed by atoms with Crippen LogP contribution in [-0.2, 0) is 6.61 Å². The molecule has 74 valence electrons. The van der Waals surface area contributed by atoms with Gasteiger partial charge in [-0.2, -0.15) is 0 Å². The smallest absolute Gasteiger partial charge is 0.180 e. The van der Waals surface area contributed by atoms with Crippen molar-refractivity contribution in [2.45, 2.75) is 13.5 Å². The monoisotopic (exact) mass is 195 g/mol. The molecule has 0 aliphatic carbocycles. The Morgan fingerprint density at radius 3 is 2.71 bits per heavy atom. The van der Waals surface area contributed by atoms with Crippen LogP contribution in [0.1, 0.15) is 21.6 Å². The van der Waals surface area contributed by atoms with Crippen LogP contribution < -0.4 is 0 Å². The summed E-state index contributed by atoms with van der Waals surface area (Å²) in [5, 5.41) is 21.4. The van der Waals surface area contributed by atoms with Crippen molar-refractivity contribution in [3.8, 4) is 5.75 Å². The lowest BCUT2D eigenvalue weighted by Crippen LogP contribution is -1.98. The second-order valence-corrected chi connectivity index (χ2v) is 2.65. The number of hydrogen-bond acceptors (Lipinski definition) is 6. The van der Waals surface area contributed by atoms with Crippen LogP contribution in [0.3, 0.4) is 0 Å². The highest BCUT2D eigenvalue weighted by molar-refractivity contribution is 5.83. The molecule has 0 aliphatic heterocycles. The van der Waals surface area contributed by atoms with Crippen LogP contribution in [0, 0.1) is 12.5 Å². The molecule has 6 heteroatoms. The maximum absolute atomic E-state index is 10.6. The minimum absolute atomic E-state index is 0.0510. The molecule has 1 aromatic heterocycles. The maximum atomic E-state index is 10.6. The van der Waals surface area contributed by atoms with E-state index in [4.69, 9.17) is 10.6 Å². The van der Waals surface area contributed by atoms with E-state index in [0.29, 0.717) is 6.29 Å². The number of hydrogen-bond donors (Lipinski definition) is 3. The third-order valence-corrected chi connectivity index (χ3v) is 1.85. The van der Waals surface area contributed by atoms with Crippen LogP contribution in [-0.4, -0.2) is 21.5 Å². The first-order valence-electron chi connectivity index (χ1n) is 3.81. The number of aromatic hydroxyl groups is 1. The first-order valence-corrected chi connectivity index (χ1v) is 3.81. The van der Waals surface area contributed by atoms with E-state index < -0.39 is 6.61 Å². The van der Waals surface area contributed by atoms with Gasteiger partial charge >= 0.3 is 0 Å². The fraction of sp³-hybridized carbons (Fsp3) is 0.250. The number of aldehydes is 1. The summed E-state index contributed by atoms with van der Waals surface area (Å²) in [5.74, 6) is -0.332. The van der Waals surface area contributed by atoms with Crippen LogP contribution >= 0.6 is 0 Å². The van der Waals surface area contributed by atoms with Gasteiger partial charge in [0.2, 0.25) is 0 Å². The van der Waals surface area contributed by atoms with Crippen molar-refractivity contribution in [3.63, 3.8) is 0 Å². The van der Waals surface area contributed by atoms with Crippen LogP contribution in [0.5, 0.6) is 5.75 Å². The predicted octanol–water partition coefficient (Wildman–Crippen LogP) is 1.06. The number of rotatable bonds is 3. The minimum Gasteiger partial charge on any atom is -0.505 e. The number of aryl methyl sites for hydroxylation is 1. The molecule has 0 fully saturated rings. The molecule has 0 spiro atoms. The summed E-state index contributed by atoms with van der Waals surface area (Å²) in [4.78, 5) is 14.4. The molecule has 1 heterocycles. The summed E-state index contributed by atoms with van der Waals surface area (Å²) in [6.45, 7) is 0.991. The number of aliphatic hydroxyl groups excluding tert-OH is 1. The number of carbonyl (C=O) groups excluding carboxylic acids is 1. The largest absolute Gasteiger partial charge is 0.505 e. The molecule has 0 saturated heterocycles. The lowest BCUT2D eigenvalue weighted by atomic mass is 10.1. The van der Waals surface area contributed by atoms with Gasteiger partial charge in [0.1, 0.15) is 5.75 Å². The standard InChI is InChI=1S/C8H9N3O3/c1-4-7(14)5(2-12)6(3-13)8(10-4)11-9/h2,9,13-14H,3H2,1H3. The average molecular weight is 195 g/mol. The van der Waals surface area contributed by atoms with E-state index in [1.165, 1.54) is 6.92 Å². The molecule has 3 N–H and O–H groups in total. The van der Waals surface area contributed by atoms with Crippen molar-refractivity contribution in [1.29, 1.82) is 5.53 Å². The molecule has 14 heavy (non-hydrogen) atoms. The molecule has 0 aliphatic rings. The Bertz CT molecular complexity index is 390. The van der Waals surface area contributed by atoms with E-state index in [2.05, 4.69) is 10.1 Å². The summed E-state index contributed by atoms with van der Waals surface area (Å²) < 4.78 is 0. The molecular weight excluding hydrogens is 186 g/mol. The van der Waals surface area contributed by atoms with Gasteiger partial charge in [-0.15, -0.1) is 5.11 Å². The third kappa shape index (κ3) is 1.47. The Kier molecular flexibility index (Phi) is 2.88. The van der Waals surface area contributed by atoms with E-state index in [1.807, 2.05) is 0 Å². The highest BCUT2D eigenvalue weighted by Gasteiger charge is 2.15. The molecular formula is C8H9N3O3. The van der Waals surface area contributed by atoms with Gasteiger partial charge in [0.25, 0.3) is 0 Å². The molecule has 0 bridgehead atoms. The molecule has 0 radical (unpaired) electrons. The fourth-order valence-corrected chi connectivity index (χ4v) is 1.11.